The minimum Gasteiger partial charge on any atom is -0.477 e. The van der Waals surface area contributed by atoms with Gasteiger partial charge in [0.15, 0.2) is 0 Å². The van der Waals surface area contributed by atoms with Crippen LogP contribution in [0.5, 0.6) is 0 Å². The molecule has 7 heteroatoms. The minimum absolute atomic E-state index is 0.0147. The van der Waals surface area contributed by atoms with Crippen molar-refractivity contribution in [3.63, 3.8) is 0 Å². The number of hydrogen-bond donors (Lipinski definition) is 2. The van der Waals surface area contributed by atoms with Crippen molar-refractivity contribution in [3.05, 3.63) is 29.6 Å². The molecule has 2 atom stereocenters. The highest BCUT2D eigenvalue weighted by Gasteiger charge is 2.30. The van der Waals surface area contributed by atoms with Crippen LogP contribution in [0.4, 0.5) is 4.79 Å². The van der Waals surface area contributed by atoms with E-state index < -0.39 is 5.97 Å². The third kappa shape index (κ3) is 3.69. The van der Waals surface area contributed by atoms with Crippen molar-refractivity contribution in [1.29, 1.82) is 0 Å². The molecule has 2 N–H and O–H groups in total. The number of likely N-dealkylation sites (N-methyl/N-ethyl adjacent to an activating group) is 1. The molecule has 2 unspecified atom stereocenters. The third-order valence-electron chi connectivity index (χ3n) is 3.64. The normalized spacial score (nSPS) is 21.0. The monoisotopic (exact) mass is 293 g/mol. The molecule has 1 aliphatic heterocycles. The van der Waals surface area contributed by atoms with E-state index in [4.69, 9.17) is 9.84 Å². The van der Waals surface area contributed by atoms with E-state index in [9.17, 15) is 9.59 Å². The van der Waals surface area contributed by atoms with Crippen molar-refractivity contribution < 1.29 is 19.4 Å². The Hall–Kier alpha value is -2.15. The van der Waals surface area contributed by atoms with Gasteiger partial charge >= 0.3 is 12.0 Å². The van der Waals surface area contributed by atoms with Gasteiger partial charge in [0, 0.05) is 26.4 Å². The van der Waals surface area contributed by atoms with Crippen LogP contribution in [-0.2, 0) is 11.3 Å². The highest BCUT2D eigenvalue weighted by Crippen LogP contribution is 2.18. The van der Waals surface area contributed by atoms with Gasteiger partial charge in [-0.1, -0.05) is 6.07 Å². The zero-order valence-electron chi connectivity index (χ0n) is 12.1. The highest BCUT2D eigenvalue weighted by molar-refractivity contribution is 5.85. The first-order chi connectivity index (χ1) is 9.99. The van der Waals surface area contributed by atoms with Crippen LogP contribution in [0.2, 0.25) is 0 Å². The molecule has 1 aliphatic rings. The lowest BCUT2D eigenvalue weighted by atomic mass is 10.1. The van der Waals surface area contributed by atoms with E-state index >= 15 is 0 Å². The van der Waals surface area contributed by atoms with Gasteiger partial charge in [-0.05, 0) is 25.0 Å². The summed E-state index contributed by atoms with van der Waals surface area (Å²) in [6.45, 7) is 2.93. The smallest absolute Gasteiger partial charge is 0.354 e. The van der Waals surface area contributed by atoms with Gasteiger partial charge in [0.05, 0.1) is 12.1 Å². The fourth-order valence-electron chi connectivity index (χ4n) is 2.34. The first kappa shape index (κ1) is 15.2. The maximum atomic E-state index is 12.1. The van der Waals surface area contributed by atoms with Crippen molar-refractivity contribution in [2.75, 3.05) is 13.7 Å². The van der Waals surface area contributed by atoms with Gasteiger partial charge in [0.1, 0.15) is 5.69 Å². The molecule has 1 aromatic heterocycles. The number of rotatable bonds is 4. The van der Waals surface area contributed by atoms with Crippen LogP contribution in [0.25, 0.3) is 0 Å². The molecule has 7 nitrogen and oxygen atoms in total. The lowest BCUT2D eigenvalue weighted by molar-refractivity contribution is 0.0690. The topological polar surface area (TPSA) is 91.8 Å². The van der Waals surface area contributed by atoms with E-state index in [1.807, 2.05) is 6.92 Å². The molecular weight excluding hydrogens is 274 g/mol. The quantitative estimate of drug-likeness (QED) is 0.867. The van der Waals surface area contributed by atoms with Gasteiger partial charge in [0.2, 0.25) is 0 Å². The Morgan fingerprint density at radius 2 is 2.29 bits per heavy atom. The Labute approximate surface area is 122 Å². The van der Waals surface area contributed by atoms with Crippen LogP contribution in [0.15, 0.2) is 18.3 Å². The van der Waals surface area contributed by atoms with Crippen LogP contribution < -0.4 is 5.32 Å². The van der Waals surface area contributed by atoms with E-state index in [0.29, 0.717) is 13.2 Å². The molecule has 0 radical (unpaired) electrons. The maximum Gasteiger partial charge on any atom is 0.354 e. The number of ether oxygens (including phenoxy) is 1. The van der Waals surface area contributed by atoms with Gasteiger partial charge < -0.3 is 20.1 Å². The van der Waals surface area contributed by atoms with Gasteiger partial charge in [0.25, 0.3) is 0 Å². The van der Waals surface area contributed by atoms with Crippen LogP contribution in [0, 0.1) is 0 Å². The molecule has 2 amide bonds. The molecule has 1 saturated heterocycles. The lowest BCUT2D eigenvalue weighted by Gasteiger charge is -2.26. The summed E-state index contributed by atoms with van der Waals surface area (Å²) in [7, 11) is 1.75. The molecular formula is C14H19N3O4. The van der Waals surface area contributed by atoms with Crippen LogP contribution in [0.1, 0.15) is 29.4 Å². The van der Waals surface area contributed by atoms with Crippen LogP contribution in [0.3, 0.4) is 0 Å². The molecule has 0 aliphatic carbocycles. The van der Waals surface area contributed by atoms with Gasteiger partial charge in [-0.3, -0.25) is 0 Å². The van der Waals surface area contributed by atoms with E-state index in [-0.39, 0.29) is 23.9 Å². The second-order valence-electron chi connectivity index (χ2n) is 5.06. The summed E-state index contributed by atoms with van der Waals surface area (Å²) in [5.41, 5.74) is 0.733. The summed E-state index contributed by atoms with van der Waals surface area (Å²) in [5, 5.41) is 11.6. The molecule has 1 aromatic rings. The summed E-state index contributed by atoms with van der Waals surface area (Å²) in [6.07, 6.45) is 2.32. The molecule has 2 heterocycles. The first-order valence-corrected chi connectivity index (χ1v) is 6.79. The third-order valence-corrected chi connectivity index (χ3v) is 3.64. The van der Waals surface area contributed by atoms with Crippen LogP contribution in [-0.4, -0.2) is 52.8 Å². The predicted molar refractivity (Wildman–Crippen MR) is 75.0 cm³/mol. The number of hydrogen-bond acceptors (Lipinski definition) is 4. The number of nitrogens with one attached hydrogen (secondary N) is 1. The maximum absolute atomic E-state index is 12.1. The molecule has 0 spiro atoms. The number of carboxylic acids is 1. The molecule has 2 rings (SSSR count). The molecule has 0 bridgehead atoms. The summed E-state index contributed by atoms with van der Waals surface area (Å²) >= 11 is 0. The summed E-state index contributed by atoms with van der Waals surface area (Å²) in [5.74, 6) is -1.07. The lowest BCUT2D eigenvalue weighted by Crippen LogP contribution is -2.46. The zero-order chi connectivity index (χ0) is 15.4. The number of amides is 2. The summed E-state index contributed by atoms with van der Waals surface area (Å²) in [6, 6.07) is 2.95. The van der Waals surface area contributed by atoms with Crippen molar-refractivity contribution in [2.24, 2.45) is 0 Å². The van der Waals surface area contributed by atoms with Gasteiger partial charge in [-0.15, -0.1) is 0 Å². The van der Waals surface area contributed by atoms with E-state index in [1.165, 1.54) is 12.3 Å². The Kier molecular flexibility index (Phi) is 4.74. The second kappa shape index (κ2) is 6.53. The van der Waals surface area contributed by atoms with Crippen LogP contribution >= 0.6 is 0 Å². The number of pyridine rings is 1. The van der Waals surface area contributed by atoms with E-state index in [2.05, 4.69) is 10.3 Å². The summed E-state index contributed by atoms with van der Waals surface area (Å²) in [4.78, 5) is 28.2. The molecule has 114 valence electrons. The number of carboxylic acid groups (broad SMARTS) is 1. The van der Waals surface area contributed by atoms with Crippen molar-refractivity contribution in [2.45, 2.75) is 32.0 Å². The fraction of sp³-hybridized carbons (Fsp3) is 0.500. The molecule has 0 saturated carbocycles. The average molecular weight is 293 g/mol. The summed E-state index contributed by atoms with van der Waals surface area (Å²) < 4.78 is 5.45. The Morgan fingerprint density at radius 1 is 1.52 bits per heavy atom. The van der Waals surface area contributed by atoms with Gasteiger partial charge in [-0.25, -0.2) is 14.6 Å². The second-order valence-corrected chi connectivity index (χ2v) is 5.06. The van der Waals surface area contributed by atoms with E-state index in [0.717, 1.165) is 12.0 Å². The fourth-order valence-corrected chi connectivity index (χ4v) is 2.34. The standard InChI is InChI=1S/C14H19N3O4/c1-9-12(5-6-21-9)17(2)14(20)16-8-10-3-4-11(13(18)19)15-7-10/h3-4,7,9,12H,5-6,8H2,1-2H3,(H,16,20)(H,18,19). The Morgan fingerprint density at radius 3 is 2.81 bits per heavy atom. The number of aromatic nitrogens is 1. The minimum atomic E-state index is -1.07. The number of nitrogens with zero attached hydrogens (tertiary/aromatic N) is 2. The highest BCUT2D eigenvalue weighted by atomic mass is 16.5. The molecule has 0 aromatic carbocycles. The molecule has 1 fully saturated rings. The predicted octanol–water partition coefficient (Wildman–Crippen LogP) is 1.10. The van der Waals surface area contributed by atoms with Crippen molar-refractivity contribution >= 4 is 12.0 Å². The first-order valence-electron chi connectivity index (χ1n) is 6.79. The average Bonchev–Trinajstić information content (AvgIpc) is 2.90. The zero-order valence-corrected chi connectivity index (χ0v) is 12.1. The largest absolute Gasteiger partial charge is 0.477 e. The SMILES string of the molecule is CC1OCCC1N(C)C(=O)NCc1ccc(C(=O)O)nc1. The van der Waals surface area contributed by atoms with E-state index in [1.54, 1.807) is 18.0 Å². The Bertz CT molecular complexity index is 517. The molecule has 21 heavy (non-hydrogen) atoms. The Balaban J connectivity index is 1.87. The van der Waals surface area contributed by atoms with Crippen molar-refractivity contribution in [1.82, 2.24) is 15.2 Å². The van der Waals surface area contributed by atoms with Crippen molar-refractivity contribution in [3.8, 4) is 0 Å². The number of urea groups is 1. The number of aromatic carboxylic acids is 1. The number of carbonyl (C=O) groups excluding carboxylic acids is 1. The van der Waals surface area contributed by atoms with Gasteiger partial charge in [-0.2, -0.15) is 0 Å². The number of carbonyl (C=O) groups is 2.